The van der Waals surface area contributed by atoms with Gasteiger partial charge in [-0.2, -0.15) is 0 Å². The second kappa shape index (κ2) is 7.38. The lowest BCUT2D eigenvalue weighted by atomic mass is 9.81. The van der Waals surface area contributed by atoms with E-state index >= 15 is 0 Å². The highest BCUT2D eigenvalue weighted by molar-refractivity contribution is 6.04. The molecular formula is C19H23N3O. The van der Waals surface area contributed by atoms with Crippen LogP contribution < -0.4 is 11.1 Å². The van der Waals surface area contributed by atoms with Gasteiger partial charge in [-0.05, 0) is 48.6 Å². The van der Waals surface area contributed by atoms with Gasteiger partial charge >= 0.3 is 0 Å². The van der Waals surface area contributed by atoms with E-state index in [0.29, 0.717) is 11.5 Å². The fourth-order valence-corrected chi connectivity index (χ4v) is 3.26. The summed E-state index contributed by atoms with van der Waals surface area (Å²) in [7, 11) is 0. The summed E-state index contributed by atoms with van der Waals surface area (Å²) in [4.78, 5) is 16.2. The first kappa shape index (κ1) is 15.7. The number of benzene rings is 1. The maximum absolute atomic E-state index is 12.2. The van der Waals surface area contributed by atoms with Crippen molar-refractivity contribution in [3.63, 3.8) is 0 Å². The molecule has 4 nitrogen and oxygen atoms in total. The van der Waals surface area contributed by atoms with E-state index in [-0.39, 0.29) is 11.9 Å². The van der Waals surface area contributed by atoms with Crippen LogP contribution in [-0.2, 0) is 0 Å². The second-order valence-corrected chi connectivity index (χ2v) is 6.24. The summed E-state index contributed by atoms with van der Waals surface area (Å²) < 4.78 is 0. The molecular weight excluding hydrogens is 286 g/mol. The van der Waals surface area contributed by atoms with Gasteiger partial charge in [-0.3, -0.25) is 9.78 Å². The third-order valence-electron chi connectivity index (χ3n) is 4.65. The monoisotopic (exact) mass is 309 g/mol. The number of amides is 1. The first-order chi connectivity index (χ1) is 11.2. The van der Waals surface area contributed by atoms with Crippen LogP contribution in [0.4, 0.5) is 5.69 Å². The zero-order valence-electron chi connectivity index (χ0n) is 13.2. The highest BCUT2D eigenvalue weighted by atomic mass is 16.1. The molecule has 1 aliphatic carbocycles. The number of hydrogen-bond acceptors (Lipinski definition) is 3. The van der Waals surface area contributed by atoms with Crippen molar-refractivity contribution in [2.75, 3.05) is 5.32 Å². The van der Waals surface area contributed by atoms with Crippen LogP contribution >= 0.6 is 0 Å². The number of anilines is 1. The standard InChI is InChI=1S/C19H23N3O/c20-18(14-4-2-1-3-5-14)15-6-8-16(9-7-15)19(23)22-17-10-12-21-13-11-17/h6-14,18H,1-5,20H2,(H,21,22,23). The number of carbonyl (C=O) groups is 1. The summed E-state index contributed by atoms with van der Waals surface area (Å²) in [6.07, 6.45) is 9.63. The Bertz CT molecular complexity index is 633. The summed E-state index contributed by atoms with van der Waals surface area (Å²) >= 11 is 0. The Morgan fingerprint density at radius 2 is 1.70 bits per heavy atom. The van der Waals surface area contributed by atoms with E-state index in [1.54, 1.807) is 24.5 Å². The molecule has 1 atom stereocenters. The van der Waals surface area contributed by atoms with Crippen molar-refractivity contribution in [2.24, 2.45) is 11.7 Å². The van der Waals surface area contributed by atoms with Crippen LogP contribution in [0.3, 0.4) is 0 Å². The summed E-state index contributed by atoms with van der Waals surface area (Å²) in [6, 6.07) is 11.3. The molecule has 1 unspecified atom stereocenters. The number of rotatable bonds is 4. The number of hydrogen-bond donors (Lipinski definition) is 2. The van der Waals surface area contributed by atoms with Gasteiger partial charge in [0.1, 0.15) is 0 Å². The highest BCUT2D eigenvalue weighted by Crippen LogP contribution is 2.32. The van der Waals surface area contributed by atoms with E-state index < -0.39 is 0 Å². The minimum atomic E-state index is -0.117. The average Bonchev–Trinajstić information content (AvgIpc) is 2.63. The third-order valence-corrected chi connectivity index (χ3v) is 4.65. The number of nitrogens with one attached hydrogen (secondary N) is 1. The Labute approximate surface area is 137 Å². The number of nitrogens with zero attached hydrogens (tertiary/aromatic N) is 1. The molecule has 1 aromatic carbocycles. The molecule has 0 saturated heterocycles. The third kappa shape index (κ3) is 3.96. The zero-order chi connectivity index (χ0) is 16.1. The fraction of sp³-hybridized carbons (Fsp3) is 0.368. The Morgan fingerprint density at radius 3 is 2.35 bits per heavy atom. The maximum Gasteiger partial charge on any atom is 0.255 e. The van der Waals surface area contributed by atoms with Gasteiger partial charge in [-0.25, -0.2) is 0 Å². The van der Waals surface area contributed by atoms with Gasteiger partial charge in [0.05, 0.1) is 0 Å². The predicted octanol–water partition coefficient (Wildman–Crippen LogP) is 3.91. The summed E-state index contributed by atoms with van der Waals surface area (Å²) in [5.41, 5.74) is 8.92. The smallest absolute Gasteiger partial charge is 0.255 e. The molecule has 4 heteroatoms. The van der Waals surface area contributed by atoms with Crippen LogP contribution in [0.1, 0.15) is 54.1 Å². The number of pyridine rings is 1. The zero-order valence-corrected chi connectivity index (χ0v) is 13.2. The van der Waals surface area contributed by atoms with Crippen molar-refractivity contribution >= 4 is 11.6 Å². The molecule has 1 amide bonds. The van der Waals surface area contributed by atoms with Crippen molar-refractivity contribution in [1.82, 2.24) is 4.98 Å². The molecule has 120 valence electrons. The molecule has 0 aliphatic heterocycles. The summed E-state index contributed by atoms with van der Waals surface area (Å²) in [6.45, 7) is 0. The number of carbonyl (C=O) groups excluding carboxylic acids is 1. The molecule has 0 spiro atoms. The van der Waals surface area contributed by atoms with E-state index in [2.05, 4.69) is 10.3 Å². The first-order valence-electron chi connectivity index (χ1n) is 8.31. The largest absolute Gasteiger partial charge is 0.324 e. The minimum Gasteiger partial charge on any atom is -0.324 e. The Kier molecular flexibility index (Phi) is 5.03. The van der Waals surface area contributed by atoms with Gasteiger partial charge in [-0.1, -0.05) is 31.4 Å². The fourth-order valence-electron chi connectivity index (χ4n) is 3.26. The van der Waals surface area contributed by atoms with Gasteiger partial charge in [-0.15, -0.1) is 0 Å². The molecule has 1 heterocycles. The Hall–Kier alpha value is -2.20. The van der Waals surface area contributed by atoms with Crippen LogP contribution in [0, 0.1) is 5.92 Å². The van der Waals surface area contributed by atoms with E-state index in [0.717, 1.165) is 11.3 Å². The first-order valence-corrected chi connectivity index (χ1v) is 8.31. The van der Waals surface area contributed by atoms with Crippen LogP contribution in [0.25, 0.3) is 0 Å². The Balaban J connectivity index is 1.65. The van der Waals surface area contributed by atoms with Crippen molar-refractivity contribution in [3.05, 3.63) is 59.9 Å². The van der Waals surface area contributed by atoms with E-state index in [1.165, 1.54) is 32.1 Å². The molecule has 23 heavy (non-hydrogen) atoms. The SMILES string of the molecule is NC(c1ccc(C(=O)Nc2ccncc2)cc1)C1CCCCC1. The molecule has 2 aromatic rings. The van der Waals surface area contributed by atoms with E-state index in [4.69, 9.17) is 5.73 Å². The highest BCUT2D eigenvalue weighted by Gasteiger charge is 2.21. The van der Waals surface area contributed by atoms with Crippen LogP contribution in [0.5, 0.6) is 0 Å². The molecule has 1 saturated carbocycles. The van der Waals surface area contributed by atoms with Crippen LogP contribution in [0.2, 0.25) is 0 Å². The van der Waals surface area contributed by atoms with Gasteiger partial charge in [0.2, 0.25) is 0 Å². The molecule has 0 bridgehead atoms. The van der Waals surface area contributed by atoms with Crippen molar-refractivity contribution in [3.8, 4) is 0 Å². The summed E-state index contributed by atoms with van der Waals surface area (Å²) in [5.74, 6) is 0.453. The minimum absolute atomic E-state index is 0.0765. The van der Waals surface area contributed by atoms with Gasteiger partial charge in [0.15, 0.2) is 0 Å². The topological polar surface area (TPSA) is 68.0 Å². The lowest BCUT2D eigenvalue weighted by Gasteiger charge is -2.27. The molecule has 0 radical (unpaired) electrons. The molecule has 1 aliphatic rings. The Morgan fingerprint density at radius 1 is 1.04 bits per heavy atom. The van der Waals surface area contributed by atoms with Crippen molar-refractivity contribution in [1.29, 1.82) is 0 Å². The lowest BCUT2D eigenvalue weighted by Crippen LogP contribution is -2.23. The van der Waals surface area contributed by atoms with Gasteiger partial charge < -0.3 is 11.1 Å². The second-order valence-electron chi connectivity index (χ2n) is 6.24. The number of aromatic nitrogens is 1. The molecule has 3 rings (SSSR count). The molecule has 1 fully saturated rings. The van der Waals surface area contributed by atoms with Gasteiger partial charge in [0, 0.05) is 29.7 Å². The maximum atomic E-state index is 12.2. The van der Waals surface area contributed by atoms with E-state index in [9.17, 15) is 4.79 Å². The van der Waals surface area contributed by atoms with Crippen molar-refractivity contribution in [2.45, 2.75) is 38.1 Å². The normalized spacial score (nSPS) is 16.7. The molecule has 1 aromatic heterocycles. The van der Waals surface area contributed by atoms with Crippen molar-refractivity contribution < 1.29 is 4.79 Å². The van der Waals surface area contributed by atoms with E-state index in [1.807, 2.05) is 24.3 Å². The summed E-state index contributed by atoms with van der Waals surface area (Å²) in [5, 5.41) is 2.86. The number of nitrogens with two attached hydrogens (primary N) is 1. The quantitative estimate of drug-likeness (QED) is 0.899. The predicted molar refractivity (Wildman–Crippen MR) is 92.1 cm³/mol. The molecule has 3 N–H and O–H groups in total. The average molecular weight is 309 g/mol. The lowest BCUT2D eigenvalue weighted by molar-refractivity contribution is 0.102. The van der Waals surface area contributed by atoms with Gasteiger partial charge in [0.25, 0.3) is 5.91 Å². The van der Waals surface area contributed by atoms with Crippen LogP contribution in [-0.4, -0.2) is 10.9 Å². The van der Waals surface area contributed by atoms with Crippen LogP contribution in [0.15, 0.2) is 48.8 Å².